The molecule has 690 valence electrons. The van der Waals surface area contributed by atoms with Crippen LogP contribution in [0.2, 0.25) is 0 Å². The van der Waals surface area contributed by atoms with Gasteiger partial charge >= 0.3 is 839 Å². The molecule has 0 N–H and O–H groups in total. The summed E-state index contributed by atoms with van der Waals surface area (Å²) in [6, 6.07) is 200. The van der Waals surface area contributed by atoms with Gasteiger partial charge in [0.05, 0.1) is 0 Å². The van der Waals surface area contributed by atoms with Crippen LogP contribution in [0.5, 0.6) is 0 Å². The zero-order chi connectivity index (χ0) is 96.9. The molecule has 0 atom stereocenters. The summed E-state index contributed by atoms with van der Waals surface area (Å²) < 4.78 is 15.8. The first-order valence-electron chi connectivity index (χ1n) is 50.1. The molecule has 0 fully saturated rings. The molecule has 0 unspecified atom stereocenters. The second kappa shape index (κ2) is 37.0. The van der Waals surface area contributed by atoms with Gasteiger partial charge in [-0.2, -0.15) is 0 Å². The molecule has 24 aromatic carbocycles. The molecule has 30 aromatic rings. The summed E-state index contributed by atoms with van der Waals surface area (Å²) >= 11 is 0.801. The van der Waals surface area contributed by atoms with Crippen LogP contribution in [0, 0.1) is 0 Å². The number of hydrogen-bond donors (Lipinski definition) is 0. The zero-order valence-electron chi connectivity index (χ0n) is 79.9. The molecule has 6 nitrogen and oxygen atoms in total. The summed E-state index contributed by atoms with van der Waals surface area (Å²) in [7, 11) is 0. The van der Waals surface area contributed by atoms with E-state index in [1.165, 1.54) is 223 Å². The van der Waals surface area contributed by atoms with Crippen LogP contribution < -0.4 is 14.7 Å². The Balaban J connectivity index is 0.000000107. The SMILES string of the molecule is c1ccc(-n2c3ccccc3c3cc(N(c4ccc(-c5ccc6ccccc6c5)cc4)c4ccc5c(c4)[se]c4ccccc45)ccc32)cc1.c1ccc(-n2c3ccccc3c3cc(N(c4ccc5c(c4)[se]c4ccccc45)c4ccccc4-c4ccc5ccccc5c4)ccc32)cc1.c1ccc(-n2c3ccccc3c3cc(N(c4ccc5c(c4)[se]c4ccccc45)c4ccccc4-c4cccc5ccccc45)ccc32)cc1. The molecule has 30 rings (SSSR count). The number of rotatable bonds is 15. The molecule has 0 amide bonds. The van der Waals surface area contributed by atoms with Crippen molar-refractivity contribution in [1.29, 1.82) is 0 Å². The fourth-order valence-electron chi connectivity index (χ4n) is 22.5. The van der Waals surface area contributed by atoms with Crippen LogP contribution in [-0.4, -0.2) is 57.2 Å². The fourth-order valence-corrected chi connectivity index (χ4v) is 29.7. The van der Waals surface area contributed by atoms with Crippen molar-refractivity contribution < 1.29 is 0 Å². The molecular formula is C138H90N6Se3. The first-order chi connectivity index (χ1) is 72.9. The number of aromatic nitrogens is 3. The van der Waals surface area contributed by atoms with Gasteiger partial charge in [0.15, 0.2) is 0 Å². The van der Waals surface area contributed by atoms with E-state index in [1.54, 1.807) is 0 Å². The third-order valence-corrected chi connectivity index (χ3v) is 36.4. The molecule has 6 aromatic heterocycles. The van der Waals surface area contributed by atoms with E-state index in [4.69, 9.17) is 0 Å². The van der Waals surface area contributed by atoms with Gasteiger partial charge in [0, 0.05) is 0 Å². The third-order valence-electron chi connectivity index (χ3n) is 29.3. The summed E-state index contributed by atoms with van der Waals surface area (Å²) in [5, 5.41) is 23.2. The van der Waals surface area contributed by atoms with Crippen LogP contribution in [0.25, 0.3) is 206 Å². The Kier molecular flexibility index (Phi) is 21.9. The maximum absolute atomic E-state index is 2.48. The van der Waals surface area contributed by atoms with Gasteiger partial charge in [-0.1, -0.05) is 36.4 Å². The molecule has 6 heterocycles. The standard InChI is InChI=1S/3C46H30N2Se/c1-2-15-32(16-3-1)48-43-23-10-7-19-38(43)41-29-33(26-28-44(41)48)47(34-25-27-40-39-20-8-11-24-45(39)49-46(40)30-34)42-22-9-6-18-37(42)36-21-12-14-31-13-4-5-17-35(31)36;1-2-14-34(15-3-1)48-43-20-10-7-17-38(43)41-29-35(25-27-44(41)48)47(36-24-26-40-39-18-8-11-21-45(39)49-46(40)30-36)42-19-9-6-16-37(42)33-23-22-31-12-4-5-13-32(31)28-33;1-2-12-35(13-3-1)48-43-16-8-6-14-39(43)42-29-37(25-27-44(42)48)47(38-24-26-41-40-15-7-9-17-45(40)49-46(41)30-38)36-22-20-32(21-23-36)34-19-18-31-10-4-5-11-33(31)28-34/h3*1-30H. The van der Waals surface area contributed by atoms with E-state index in [-0.39, 0.29) is 43.5 Å². The van der Waals surface area contributed by atoms with Crippen LogP contribution in [0.15, 0.2) is 546 Å². The Hall–Kier alpha value is -17.6. The third kappa shape index (κ3) is 15.5. The van der Waals surface area contributed by atoms with Gasteiger partial charge in [0.2, 0.25) is 0 Å². The van der Waals surface area contributed by atoms with Crippen molar-refractivity contribution in [2.24, 2.45) is 0 Å². The fraction of sp³-hybridized carbons (Fsp3) is 0. The molecule has 0 radical (unpaired) electrons. The molecule has 0 aliphatic rings. The molecule has 0 aliphatic carbocycles. The van der Waals surface area contributed by atoms with E-state index < -0.39 is 0 Å². The molecule has 0 aliphatic heterocycles. The van der Waals surface area contributed by atoms with Crippen molar-refractivity contribution in [3.8, 4) is 50.4 Å². The predicted octanol–water partition coefficient (Wildman–Crippen LogP) is 37.3. The normalized spacial score (nSPS) is 11.7. The summed E-state index contributed by atoms with van der Waals surface area (Å²) in [6.07, 6.45) is 0. The van der Waals surface area contributed by atoms with Crippen LogP contribution in [-0.2, 0) is 0 Å². The van der Waals surface area contributed by atoms with E-state index in [1.807, 2.05) is 0 Å². The molecule has 0 spiro atoms. The van der Waals surface area contributed by atoms with Crippen LogP contribution in [0.4, 0.5) is 51.2 Å². The van der Waals surface area contributed by atoms with Gasteiger partial charge in [0.1, 0.15) is 0 Å². The maximum atomic E-state index is 2.48. The van der Waals surface area contributed by atoms with Crippen LogP contribution >= 0.6 is 0 Å². The number of hydrogen-bond acceptors (Lipinski definition) is 3. The van der Waals surface area contributed by atoms with Crippen molar-refractivity contribution in [1.82, 2.24) is 13.7 Å². The molecule has 0 bridgehead atoms. The minimum atomic E-state index is 0.260. The number of anilines is 9. The van der Waals surface area contributed by atoms with Crippen molar-refractivity contribution in [2.45, 2.75) is 0 Å². The van der Waals surface area contributed by atoms with Crippen molar-refractivity contribution in [3.05, 3.63) is 546 Å². The predicted molar refractivity (Wildman–Crippen MR) is 631 cm³/mol. The molecule has 0 saturated carbocycles. The quantitative estimate of drug-likeness (QED) is 0.0956. The number of para-hydroxylation sites is 8. The molecule has 147 heavy (non-hydrogen) atoms. The zero-order valence-corrected chi connectivity index (χ0v) is 85.0. The summed E-state index contributed by atoms with van der Waals surface area (Å²) in [5.41, 5.74) is 28.4. The van der Waals surface area contributed by atoms with Gasteiger partial charge < -0.3 is 0 Å². The van der Waals surface area contributed by atoms with E-state index in [0.29, 0.717) is 0 Å². The van der Waals surface area contributed by atoms with Crippen molar-refractivity contribution >= 4 is 250 Å². The first-order valence-corrected chi connectivity index (χ1v) is 55.2. The summed E-state index contributed by atoms with van der Waals surface area (Å²) in [6.45, 7) is 0. The van der Waals surface area contributed by atoms with Gasteiger partial charge in [-0.05, 0) is 0 Å². The Morgan fingerprint density at radius 1 is 0.136 bits per heavy atom. The van der Waals surface area contributed by atoms with Gasteiger partial charge in [-0.3, -0.25) is 0 Å². The average molecular weight is 2070 g/mol. The molecule has 9 heteroatoms. The Morgan fingerprint density at radius 3 is 0.871 bits per heavy atom. The number of nitrogens with zero attached hydrogens (tertiary/aromatic N) is 6. The Labute approximate surface area is 867 Å². The first kappa shape index (κ1) is 87.2. The molecule has 0 saturated heterocycles. The van der Waals surface area contributed by atoms with Crippen LogP contribution in [0.3, 0.4) is 0 Å². The van der Waals surface area contributed by atoms with E-state index in [2.05, 4.69) is 574 Å². The van der Waals surface area contributed by atoms with Gasteiger partial charge in [-0.15, -0.1) is 0 Å². The second-order valence-electron chi connectivity index (χ2n) is 37.7. The Morgan fingerprint density at radius 2 is 0.422 bits per heavy atom. The average Bonchev–Trinajstić information content (AvgIpc) is 1.68. The van der Waals surface area contributed by atoms with E-state index in [0.717, 1.165) is 34.1 Å². The van der Waals surface area contributed by atoms with Crippen LogP contribution in [0.1, 0.15) is 0 Å². The molecular weight excluding hydrogens is 1980 g/mol. The Bertz CT molecular complexity index is 10400. The summed E-state index contributed by atoms with van der Waals surface area (Å²) in [5.74, 6) is 0. The monoisotopic (exact) mass is 2070 g/mol. The van der Waals surface area contributed by atoms with E-state index in [9.17, 15) is 0 Å². The summed E-state index contributed by atoms with van der Waals surface area (Å²) in [4.78, 5) is 7.38. The van der Waals surface area contributed by atoms with E-state index >= 15 is 0 Å². The van der Waals surface area contributed by atoms with Crippen molar-refractivity contribution in [2.75, 3.05) is 14.7 Å². The van der Waals surface area contributed by atoms with Gasteiger partial charge in [0.25, 0.3) is 0 Å². The minimum absolute atomic E-state index is 0.260. The van der Waals surface area contributed by atoms with Crippen molar-refractivity contribution in [3.63, 3.8) is 0 Å². The topological polar surface area (TPSA) is 24.5 Å². The second-order valence-corrected chi connectivity index (χ2v) is 44.6. The number of fused-ring (bicyclic) bond motifs is 21. The number of benzene rings is 24. The van der Waals surface area contributed by atoms with Gasteiger partial charge in [-0.25, -0.2) is 0 Å².